The summed E-state index contributed by atoms with van der Waals surface area (Å²) in [6, 6.07) is 9.06. The van der Waals surface area contributed by atoms with Crippen molar-refractivity contribution in [3.05, 3.63) is 47.9 Å². The molecule has 4 nitrogen and oxygen atoms in total. The van der Waals surface area contributed by atoms with Crippen molar-refractivity contribution < 1.29 is 14.3 Å². The Hall–Kier alpha value is -1.88. The van der Waals surface area contributed by atoms with Gasteiger partial charge in [0.1, 0.15) is 5.76 Å². The van der Waals surface area contributed by atoms with Crippen molar-refractivity contribution >= 4 is 23.4 Å². The van der Waals surface area contributed by atoms with E-state index in [0.717, 1.165) is 16.4 Å². The van der Waals surface area contributed by atoms with Crippen molar-refractivity contribution in [1.29, 1.82) is 0 Å². The number of thioether (sulfide) groups is 1. The molecule has 5 heteroatoms. The topological polar surface area (TPSA) is 62.5 Å². The molecule has 0 amide bonds. The van der Waals surface area contributed by atoms with E-state index in [1.54, 1.807) is 12.3 Å². The van der Waals surface area contributed by atoms with Crippen molar-refractivity contribution in [3.8, 4) is 0 Å². The zero-order valence-electron chi connectivity index (χ0n) is 11.4. The summed E-state index contributed by atoms with van der Waals surface area (Å²) in [5.41, 5.74) is 0.928. The third kappa shape index (κ3) is 3.17. The van der Waals surface area contributed by atoms with Crippen LogP contribution >= 0.6 is 11.8 Å². The fraction of sp³-hybridized carbons (Fsp3) is 0.267. The summed E-state index contributed by atoms with van der Waals surface area (Å²) >= 11 is 1.52. The summed E-state index contributed by atoms with van der Waals surface area (Å²) in [5.74, 6) is 0.683. The molecule has 2 N–H and O–H groups in total. The molecule has 0 saturated heterocycles. The molecular formula is C15H17NO3S. The first kappa shape index (κ1) is 14.5. The Morgan fingerprint density at radius 2 is 2.20 bits per heavy atom. The van der Waals surface area contributed by atoms with Crippen LogP contribution in [0.25, 0.3) is 0 Å². The highest BCUT2D eigenvalue weighted by atomic mass is 32.2. The van der Waals surface area contributed by atoms with Gasteiger partial charge < -0.3 is 14.8 Å². The fourth-order valence-electron chi connectivity index (χ4n) is 1.99. The van der Waals surface area contributed by atoms with E-state index in [4.69, 9.17) is 4.42 Å². The second-order valence-corrected chi connectivity index (χ2v) is 5.60. The molecule has 1 aromatic carbocycles. The van der Waals surface area contributed by atoms with Crippen LogP contribution in [-0.2, 0) is 0 Å². The number of carbonyl (C=O) groups is 1. The minimum atomic E-state index is -0.921. The van der Waals surface area contributed by atoms with E-state index in [1.807, 2.05) is 38.1 Å². The Morgan fingerprint density at radius 1 is 1.40 bits per heavy atom. The molecule has 1 atom stereocenters. The molecule has 1 heterocycles. The van der Waals surface area contributed by atoms with Crippen LogP contribution in [-0.4, -0.2) is 16.8 Å². The predicted molar refractivity (Wildman–Crippen MR) is 80.5 cm³/mol. The average molecular weight is 291 g/mol. The van der Waals surface area contributed by atoms with E-state index in [0.29, 0.717) is 11.3 Å². The van der Waals surface area contributed by atoms with Crippen LogP contribution in [0.1, 0.15) is 36.0 Å². The molecule has 0 bridgehead atoms. The molecule has 0 aliphatic carbocycles. The van der Waals surface area contributed by atoms with E-state index >= 15 is 0 Å². The zero-order chi connectivity index (χ0) is 14.5. The maximum Gasteiger partial charge on any atom is 0.338 e. The van der Waals surface area contributed by atoms with Crippen molar-refractivity contribution in [2.45, 2.75) is 24.8 Å². The number of carboxylic acid groups (broad SMARTS) is 1. The van der Waals surface area contributed by atoms with E-state index in [9.17, 15) is 9.90 Å². The third-order valence-corrected chi connectivity index (χ3v) is 3.82. The second kappa shape index (κ2) is 6.52. The van der Waals surface area contributed by atoms with E-state index in [-0.39, 0.29) is 6.04 Å². The van der Waals surface area contributed by atoms with E-state index < -0.39 is 5.97 Å². The lowest BCUT2D eigenvalue weighted by atomic mass is 10.1. The van der Waals surface area contributed by atoms with Crippen LogP contribution in [0, 0.1) is 0 Å². The Balaban J connectivity index is 2.31. The highest BCUT2D eigenvalue weighted by Gasteiger charge is 2.18. The van der Waals surface area contributed by atoms with Crippen LogP contribution in [0.2, 0.25) is 0 Å². The quantitative estimate of drug-likeness (QED) is 0.778. The lowest BCUT2D eigenvalue weighted by Gasteiger charge is -2.16. The number of carboxylic acids is 1. The highest BCUT2D eigenvalue weighted by molar-refractivity contribution is 7.99. The normalized spacial score (nSPS) is 12.1. The third-order valence-electron chi connectivity index (χ3n) is 2.88. The van der Waals surface area contributed by atoms with Gasteiger partial charge >= 0.3 is 5.97 Å². The van der Waals surface area contributed by atoms with Crippen molar-refractivity contribution in [2.75, 3.05) is 11.1 Å². The summed E-state index contributed by atoms with van der Waals surface area (Å²) < 4.78 is 5.33. The number of benzene rings is 1. The highest BCUT2D eigenvalue weighted by Crippen LogP contribution is 2.30. The van der Waals surface area contributed by atoms with Gasteiger partial charge in [-0.3, -0.25) is 0 Å². The van der Waals surface area contributed by atoms with Gasteiger partial charge in [-0.25, -0.2) is 4.79 Å². The monoisotopic (exact) mass is 291 g/mol. The van der Waals surface area contributed by atoms with Crippen LogP contribution in [0.3, 0.4) is 0 Å². The van der Waals surface area contributed by atoms with Crippen molar-refractivity contribution in [3.63, 3.8) is 0 Å². The van der Waals surface area contributed by atoms with Gasteiger partial charge in [-0.2, -0.15) is 0 Å². The van der Waals surface area contributed by atoms with Gasteiger partial charge in [0, 0.05) is 4.90 Å². The predicted octanol–water partition coefficient (Wildman–Crippen LogP) is 4.26. The summed E-state index contributed by atoms with van der Waals surface area (Å²) in [6.07, 6.45) is 1.61. The number of rotatable bonds is 6. The van der Waals surface area contributed by atoms with Gasteiger partial charge in [-0.1, -0.05) is 13.0 Å². The molecule has 2 aromatic rings. The molecule has 0 fully saturated rings. The molecule has 20 heavy (non-hydrogen) atoms. The maximum atomic E-state index is 11.5. The average Bonchev–Trinajstić information content (AvgIpc) is 2.92. The summed E-state index contributed by atoms with van der Waals surface area (Å²) in [7, 11) is 0. The first-order chi connectivity index (χ1) is 9.63. The summed E-state index contributed by atoms with van der Waals surface area (Å²) in [5, 5.41) is 12.6. The Morgan fingerprint density at radius 3 is 2.80 bits per heavy atom. The molecule has 2 rings (SSSR count). The maximum absolute atomic E-state index is 11.5. The molecule has 1 unspecified atom stereocenters. The van der Waals surface area contributed by atoms with Gasteiger partial charge in [-0.05, 0) is 36.9 Å². The fourth-order valence-corrected chi connectivity index (χ4v) is 2.82. The minimum Gasteiger partial charge on any atom is -0.478 e. The molecule has 0 aliphatic rings. The van der Waals surface area contributed by atoms with Gasteiger partial charge in [0.25, 0.3) is 0 Å². The lowest BCUT2D eigenvalue weighted by molar-refractivity contribution is 0.0694. The molecule has 0 saturated carbocycles. The van der Waals surface area contributed by atoms with Crippen LogP contribution in [0.5, 0.6) is 0 Å². The number of furan rings is 1. The number of hydrogen-bond donors (Lipinski definition) is 2. The number of aromatic carboxylic acids is 1. The summed E-state index contributed by atoms with van der Waals surface area (Å²) in [4.78, 5) is 12.3. The van der Waals surface area contributed by atoms with Crippen LogP contribution in [0.15, 0.2) is 45.9 Å². The van der Waals surface area contributed by atoms with Crippen LogP contribution < -0.4 is 5.32 Å². The van der Waals surface area contributed by atoms with Crippen molar-refractivity contribution in [2.24, 2.45) is 0 Å². The van der Waals surface area contributed by atoms with E-state index in [1.165, 1.54) is 11.8 Å². The van der Waals surface area contributed by atoms with E-state index in [2.05, 4.69) is 5.32 Å². The largest absolute Gasteiger partial charge is 0.478 e. The molecular weight excluding hydrogens is 274 g/mol. The minimum absolute atomic E-state index is 0.0926. The standard InChI is InChI=1S/C15H17NO3S/c1-3-20-13-8-4-6-11(14(13)15(17)18)16-10(2)12-7-5-9-19-12/h4-10,16H,3H2,1-2H3,(H,17,18). The lowest BCUT2D eigenvalue weighted by Crippen LogP contribution is -2.11. The number of nitrogens with one attached hydrogen (secondary N) is 1. The second-order valence-electron chi connectivity index (χ2n) is 4.30. The first-order valence-electron chi connectivity index (χ1n) is 6.42. The van der Waals surface area contributed by atoms with Crippen LogP contribution in [0.4, 0.5) is 5.69 Å². The molecule has 0 aliphatic heterocycles. The SMILES string of the molecule is CCSc1cccc(NC(C)c2ccco2)c1C(=O)O. The Kier molecular flexibility index (Phi) is 4.74. The van der Waals surface area contributed by atoms with Gasteiger partial charge in [0.2, 0.25) is 0 Å². The van der Waals surface area contributed by atoms with Gasteiger partial charge in [-0.15, -0.1) is 11.8 Å². The van der Waals surface area contributed by atoms with Crippen molar-refractivity contribution in [1.82, 2.24) is 0 Å². The number of hydrogen-bond acceptors (Lipinski definition) is 4. The molecule has 0 spiro atoms. The molecule has 1 aromatic heterocycles. The Bertz CT molecular complexity index is 581. The Labute approximate surface area is 122 Å². The number of anilines is 1. The molecule has 106 valence electrons. The molecule has 0 radical (unpaired) electrons. The smallest absolute Gasteiger partial charge is 0.338 e. The van der Waals surface area contributed by atoms with Gasteiger partial charge in [0.05, 0.1) is 23.6 Å². The first-order valence-corrected chi connectivity index (χ1v) is 7.41. The van der Waals surface area contributed by atoms with Gasteiger partial charge in [0.15, 0.2) is 0 Å². The zero-order valence-corrected chi connectivity index (χ0v) is 12.2. The summed E-state index contributed by atoms with van der Waals surface area (Å²) in [6.45, 7) is 3.94.